The van der Waals surface area contributed by atoms with Gasteiger partial charge in [0.25, 0.3) is 11.6 Å². The van der Waals surface area contributed by atoms with Crippen LogP contribution < -0.4 is 4.90 Å². The standard InChI is InChI=1S/C19H22N4O3/c1-21(14-15-8-3-4-10-17(15)23(25)26)19(24)16-9-7-11-20-18(16)22-12-5-2-6-13-22/h3-4,7-11H,2,5-6,12-14H2,1H3. The molecule has 0 N–H and O–H groups in total. The fraction of sp³-hybridized carbons (Fsp3) is 0.368. The lowest BCUT2D eigenvalue weighted by atomic mass is 10.1. The molecule has 0 bridgehead atoms. The van der Waals surface area contributed by atoms with E-state index >= 15 is 0 Å². The summed E-state index contributed by atoms with van der Waals surface area (Å²) in [5, 5.41) is 11.2. The average molecular weight is 354 g/mol. The second kappa shape index (κ2) is 7.95. The molecule has 7 nitrogen and oxygen atoms in total. The van der Waals surface area contributed by atoms with Crippen LogP contribution in [0.2, 0.25) is 0 Å². The highest BCUT2D eigenvalue weighted by Gasteiger charge is 2.23. The molecule has 136 valence electrons. The number of carbonyl (C=O) groups excluding carboxylic acids is 1. The van der Waals surface area contributed by atoms with Gasteiger partial charge in [-0.15, -0.1) is 0 Å². The van der Waals surface area contributed by atoms with E-state index in [-0.39, 0.29) is 18.1 Å². The number of hydrogen-bond acceptors (Lipinski definition) is 5. The van der Waals surface area contributed by atoms with Gasteiger partial charge in [-0.25, -0.2) is 4.98 Å². The molecule has 1 aromatic heterocycles. The van der Waals surface area contributed by atoms with Crippen LogP contribution in [-0.2, 0) is 6.54 Å². The number of nitro groups is 1. The van der Waals surface area contributed by atoms with E-state index in [0.29, 0.717) is 16.9 Å². The van der Waals surface area contributed by atoms with Crippen LogP contribution in [-0.4, -0.2) is 40.9 Å². The van der Waals surface area contributed by atoms with Gasteiger partial charge >= 0.3 is 0 Å². The Morgan fingerprint density at radius 3 is 2.65 bits per heavy atom. The van der Waals surface area contributed by atoms with Crippen molar-refractivity contribution in [2.45, 2.75) is 25.8 Å². The number of carbonyl (C=O) groups is 1. The maximum Gasteiger partial charge on any atom is 0.274 e. The predicted molar refractivity (Wildman–Crippen MR) is 99.2 cm³/mol. The smallest absolute Gasteiger partial charge is 0.274 e. The number of para-hydroxylation sites is 1. The highest BCUT2D eigenvalue weighted by Crippen LogP contribution is 2.24. The fourth-order valence-corrected chi connectivity index (χ4v) is 3.28. The molecule has 0 spiro atoms. The van der Waals surface area contributed by atoms with Gasteiger partial charge in [0.15, 0.2) is 0 Å². The Balaban J connectivity index is 1.82. The van der Waals surface area contributed by atoms with E-state index < -0.39 is 4.92 Å². The van der Waals surface area contributed by atoms with Crippen LogP contribution >= 0.6 is 0 Å². The minimum atomic E-state index is -0.420. The molecule has 3 rings (SSSR count). The van der Waals surface area contributed by atoms with Crippen LogP contribution in [0.4, 0.5) is 11.5 Å². The maximum atomic E-state index is 13.0. The van der Waals surface area contributed by atoms with Gasteiger partial charge in [-0.2, -0.15) is 0 Å². The number of anilines is 1. The Morgan fingerprint density at radius 1 is 1.19 bits per heavy atom. The number of piperidine rings is 1. The molecule has 1 amide bonds. The van der Waals surface area contributed by atoms with Gasteiger partial charge in [0.2, 0.25) is 0 Å². The number of nitro benzene ring substituents is 1. The van der Waals surface area contributed by atoms with Crippen molar-refractivity contribution in [1.82, 2.24) is 9.88 Å². The summed E-state index contributed by atoms with van der Waals surface area (Å²) in [4.78, 5) is 31.8. The Kier molecular flexibility index (Phi) is 5.46. The van der Waals surface area contributed by atoms with Gasteiger partial charge in [0.05, 0.1) is 17.0 Å². The highest BCUT2D eigenvalue weighted by atomic mass is 16.6. The Bertz CT molecular complexity index is 803. The van der Waals surface area contributed by atoms with E-state index in [1.165, 1.54) is 17.4 Å². The highest BCUT2D eigenvalue weighted by molar-refractivity contribution is 5.98. The molecule has 2 heterocycles. The summed E-state index contributed by atoms with van der Waals surface area (Å²) < 4.78 is 0. The van der Waals surface area contributed by atoms with Crippen LogP contribution in [0.3, 0.4) is 0 Å². The first-order chi connectivity index (χ1) is 12.6. The molecule has 1 fully saturated rings. The molecule has 0 radical (unpaired) electrons. The van der Waals surface area contributed by atoms with Gasteiger partial charge in [0.1, 0.15) is 5.82 Å². The van der Waals surface area contributed by atoms with Crippen LogP contribution in [0.5, 0.6) is 0 Å². The van der Waals surface area contributed by atoms with Crippen molar-refractivity contribution in [3.8, 4) is 0 Å². The molecule has 0 saturated carbocycles. The molecular formula is C19H22N4O3. The molecule has 26 heavy (non-hydrogen) atoms. The van der Waals surface area contributed by atoms with Crippen molar-refractivity contribution in [3.63, 3.8) is 0 Å². The van der Waals surface area contributed by atoms with Crippen LogP contribution in [0.25, 0.3) is 0 Å². The van der Waals surface area contributed by atoms with Crippen LogP contribution in [0, 0.1) is 10.1 Å². The molecular weight excluding hydrogens is 332 g/mol. The molecule has 1 aliphatic heterocycles. The lowest BCUT2D eigenvalue weighted by Crippen LogP contribution is -2.34. The zero-order chi connectivity index (χ0) is 18.5. The largest absolute Gasteiger partial charge is 0.356 e. The molecule has 0 aliphatic carbocycles. The van der Waals surface area contributed by atoms with Gasteiger partial charge in [-0.3, -0.25) is 14.9 Å². The zero-order valence-corrected chi connectivity index (χ0v) is 14.8. The molecule has 7 heteroatoms. The first-order valence-corrected chi connectivity index (χ1v) is 8.75. The minimum absolute atomic E-state index is 0.0228. The number of aromatic nitrogens is 1. The summed E-state index contributed by atoms with van der Waals surface area (Å²) in [5.41, 5.74) is 1.07. The summed E-state index contributed by atoms with van der Waals surface area (Å²) in [6.07, 6.45) is 5.08. The zero-order valence-electron chi connectivity index (χ0n) is 14.8. The Labute approximate surface area is 152 Å². The third kappa shape index (κ3) is 3.82. The third-order valence-electron chi connectivity index (χ3n) is 4.62. The van der Waals surface area contributed by atoms with Crippen molar-refractivity contribution in [2.24, 2.45) is 0 Å². The van der Waals surface area contributed by atoms with Crippen molar-refractivity contribution in [3.05, 3.63) is 63.8 Å². The summed E-state index contributed by atoms with van der Waals surface area (Å²) in [6.45, 7) is 1.96. The Hall–Kier alpha value is -2.96. The fourth-order valence-electron chi connectivity index (χ4n) is 3.28. The molecule has 1 aromatic carbocycles. The second-order valence-electron chi connectivity index (χ2n) is 6.47. The summed E-state index contributed by atoms with van der Waals surface area (Å²) in [5.74, 6) is 0.517. The molecule has 1 saturated heterocycles. The summed E-state index contributed by atoms with van der Waals surface area (Å²) >= 11 is 0. The van der Waals surface area contributed by atoms with Crippen molar-refractivity contribution >= 4 is 17.4 Å². The monoisotopic (exact) mass is 354 g/mol. The first-order valence-electron chi connectivity index (χ1n) is 8.75. The van der Waals surface area contributed by atoms with E-state index in [9.17, 15) is 14.9 Å². The molecule has 0 atom stereocenters. The second-order valence-corrected chi connectivity index (χ2v) is 6.47. The Morgan fingerprint density at radius 2 is 1.92 bits per heavy atom. The number of hydrogen-bond donors (Lipinski definition) is 0. The maximum absolute atomic E-state index is 13.0. The molecule has 0 unspecified atom stereocenters. The van der Waals surface area contributed by atoms with Gasteiger partial charge in [-0.1, -0.05) is 18.2 Å². The van der Waals surface area contributed by atoms with E-state index in [2.05, 4.69) is 9.88 Å². The number of amides is 1. The van der Waals surface area contributed by atoms with Crippen molar-refractivity contribution in [1.29, 1.82) is 0 Å². The lowest BCUT2D eigenvalue weighted by Gasteiger charge is -2.29. The summed E-state index contributed by atoms with van der Waals surface area (Å²) in [7, 11) is 1.66. The van der Waals surface area contributed by atoms with Crippen molar-refractivity contribution < 1.29 is 9.72 Å². The van der Waals surface area contributed by atoms with E-state index in [1.54, 1.807) is 43.6 Å². The van der Waals surface area contributed by atoms with Crippen LogP contribution in [0.15, 0.2) is 42.6 Å². The van der Waals surface area contributed by atoms with Crippen LogP contribution in [0.1, 0.15) is 35.2 Å². The first kappa shape index (κ1) is 17.8. The SMILES string of the molecule is CN(Cc1ccccc1[N+](=O)[O-])C(=O)c1cccnc1N1CCCCC1. The van der Waals surface area contributed by atoms with Gasteiger partial charge in [0, 0.05) is 38.0 Å². The lowest BCUT2D eigenvalue weighted by molar-refractivity contribution is -0.385. The number of rotatable bonds is 5. The quantitative estimate of drug-likeness (QED) is 0.608. The molecule has 1 aliphatic rings. The third-order valence-corrected chi connectivity index (χ3v) is 4.62. The van der Waals surface area contributed by atoms with Gasteiger partial charge in [-0.05, 0) is 31.4 Å². The van der Waals surface area contributed by atoms with E-state index in [4.69, 9.17) is 0 Å². The average Bonchev–Trinajstić information content (AvgIpc) is 2.68. The minimum Gasteiger partial charge on any atom is -0.356 e. The number of pyridine rings is 1. The normalized spacial score (nSPS) is 14.1. The van der Waals surface area contributed by atoms with E-state index in [1.807, 2.05) is 0 Å². The number of benzene rings is 1. The number of nitrogens with zero attached hydrogens (tertiary/aromatic N) is 4. The van der Waals surface area contributed by atoms with E-state index in [0.717, 1.165) is 25.9 Å². The van der Waals surface area contributed by atoms with Gasteiger partial charge < -0.3 is 9.80 Å². The summed E-state index contributed by atoms with van der Waals surface area (Å²) in [6, 6.07) is 10.0. The topological polar surface area (TPSA) is 79.6 Å². The predicted octanol–water partition coefficient (Wildman–Crippen LogP) is 3.25. The van der Waals surface area contributed by atoms with Crippen molar-refractivity contribution in [2.75, 3.05) is 25.0 Å². The molecule has 2 aromatic rings.